The Morgan fingerprint density at radius 3 is 1.48 bits per heavy atom. The van der Waals surface area contributed by atoms with Crippen LogP contribution >= 0.6 is 0 Å². The van der Waals surface area contributed by atoms with E-state index in [1.807, 2.05) is 18.2 Å². The van der Waals surface area contributed by atoms with E-state index in [1.165, 1.54) is 0 Å². The third kappa shape index (κ3) is 3.47. The van der Waals surface area contributed by atoms with Gasteiger partial charge in [-0.05, 0) is 16.7 Å². The summed E-state index contributed by atoms with van der Waals surface area (Å²) in [7, 11) is 0. The van der Waals surface area contributed by atoms with Crippen LogP contribution in [0.25, 0.3) is 0 Å². The Morgan fingerprint density at radius 2 is 1.11 bits per heavy atom. The Balaban J connectivity index is 2.36. The molecule has 2 N–H and O–H groups in total. The minimum absolute atomic E-state index is 0.305. The molecular weight excluding hydrogens is 340 g/mol. The molecule has 3 aromatic rings. The van der Waals surface area contributed by atoms with Gasteiger partial charge in [0.15, 0.2) is 0 Å². The fraction of sp³-hybridized carbons (Fsp3) is 0.130. The molecule has 0 fully saturated rings. The van der Waals surface area contributed by atoms with Gasteiger partial charge in [0.25, 0.3) is 0 Å². The van der Waals surface area contributed by atoms with Crippen LogP contribution in [0.2, 0.25) is 0 Å². The quantitative estimate of drug-likeness (QED) is 0.658. The van der Waals surface area contributed by atoms with Crippen molar-refractivity contribution in [2.45, 2.75) is 17.8 Å². The van der Waals surface area contributed by atoms with E-state index < -0.39 is 23.3 Å². The maximum Gasteiger partial charge on any atom is 0.319 e. The molecule has 0 aliphatic carbocycles. The number of hydrogen-bond acceptors (Lipinski definition) is 2. The topological polar surface area (TPSA) is 74.6 Å². The van der Waals surface area contributed by atoms with Crippen LogP contribution in [0.1, 0.15) is 29.0 Å². The van der Waals surface area contributed by atoms with Crippen LogP contribution in [-0.2, 0) is 15.0 Å². The minimum atomic E-state index is -1.53. The monoisotopic (exact) mass is 360 g/mol. The molecule has 1 unspecified atom stereocenters. The first-order valence-corrected chi connectivity index (χ1v) is 8.68. The standard InChI is InChI=1S/C23H20O4/c24-21(25)16-20(17-10-4-1-5-11-17)23(22(26)27,18-12-6-2-7-13-18)19-14-8-3-9-15-19/h1-15,20H,16H2,(H,24,25)(H,26,27). The van der Waals surface area contributed by atoms with Crippen LogP contribution in [0, 0.1) is 0 Å². The Labute approximate surface area is 157 Å². The smallest absolute Gasteiger partial charge is 0.319 e. The lowest BCUT2D eigenvalue weighted by molar-refractivity contribution is -0.144. The van der Waals surface area contributed by atoms with Crippen LogP contribution in [0.4, 0.5) is 0 Å². The van der Waals surface area contributed by atoms with Gasteiger partial charge < -0.3 is 10.2 Å². The van der Waals surface area contributed by atoms with Gasteiger partial charge in [0.05, 0.1) is 6.42 Å². The molecule has 0 spiro atoms. The molecule has 1 atom stereocenters. The average molecular weight is 360 g/mol. The van der Waals surface area contributed by atoms with Crippen molar-refractivity contribution in [3.05, 3.63) is 108 Å². The van der Waals surface area contributed by atoms with E-state index in [9.17, 15) is 19.8 Å². The first-order valence-electron chi connectivity index (χ1n) is 8.68. The molecule has 27 heavy (non-hydrogen) atoms. The first-order chi connectivity index (χ1) is 13.1. The van der Waals surface area contributed by atoms with Crippen molar-refractivity contribution in [3.63, 3.8) is 0 Å². The predicted molar refractivity (Wildman–Crippen MR) is 103 cm³/mol. The van der Waals surface area contributed by atoms with Gasteiger partial charge in [-0.3, -0.25) is 9.59 Å². The van der Waals surface area contributed by atoms with Crippen LogP contribution < -0.4 is 0 Å². The molecule has 136 valence electrons. The molecular formula is C23H20O4. The summed E-state index contributed by atoms with van der Waals surface area (Å²) in [5.41, 5.74) is 0.259. The van der Waals surface area contributed by atoms with E-state index in [4.69, 9.17) is 0 Å². The van der Waals surface area contributed by atoms with Gasteiger partial charge in [-0.25, -0.2) is 0 Å². The highest BCUT2D eigenvalue weighted by atomic mass is 16.4. The van der Waals surface area contributed by atoms with Crippen molar-refractivity contribution in [2.75, 3.05) is 0 Å². The Hall–Kier alpha value is -3.40. The lowest BCUT2D eigenvalue weighted by Crippen LogP contribution is -2.44. The highest BCUT2D eigenvalue weighted by Crippen LogP contribution is 2.46. The third-order valence-corrected chi connectivity index (χ3v) is 4.90. The van der Waals surface area contributed by atoms with Crippen LogP contribution in [0.3, 0.4) is 0 Å². The molecule has 0 heterocycles. The molecule has 4 nitrogen and oxygen atoms in total. The van der Waals surface area contributed by atoms with Gasteiger partial charge >= 0.3 is 11.9 Å². The predicted octanol–water partition coefficient (Wildman–Crippen LogP) is 4.32. The molecule has 0 saturated carbocycles. The van der Waals surface area contributed by atoms with E-state index in [0.717, 1.165) is 0 Å². The zero-order valence-electron chi connectivity index (χ0n) is 14.7. The third-order valence-electron chi connectivity index (χ3n) is 4.90. The fourth-order valence-electron chi connectivity index (χ4n) is 3.75. The highest BCUT2D eigenvalue weighted by Gasteiger charge is 2.50. The number of hydrogen-bond donors (Lipinski definition) is 2. The van der Waals surface area contributed by atoms with Crippen molar-refractivity contribution in [3.8, 4) is 0 Å². The van der Waals surface area contributed by atoms with Crippen molar-refractivity contribution < 1.29 is 19.8 Å². The molecule has 0 saturated heterocycles. The number of carboxylic acids is 2. The average Bonchev–Trinajstić information content (AvgIpc) is 2.69. The summed E-state index contributed by atoms with van der Waals surface area (Å²) in [6.07, 6.45) is -0.305. The van der Waals surface area contributed by atoms with Gasteiger partial charge in [0, 0.05) is 5.92 Å². The lowest BCUT2D eigenvalue weighted by atomic mass is 9.62. The van der Waals surface area contributed by atoms with E-state index in [-0.39, 0.29) is 6.42 Å². The van der Waals surface area contributed by atoms with Crippen molar-refractivity contribution in [1.82, 2.24) is 0 Å². The number of carboxylic acid groups (broad SMARTS) is 2. The molecule has 4 heteroatoms. The SMILES string of the molecule is O=C(O)CC(c1ccccc1)C(C(=O)O)(c1ccccc1)c1ccccc1. The van der Waals surface area contributed by atoms with Crippen LogP contribution in [-0.4, -0.2) is 22.2 Å². The molecule has 3 aromatic carbocycles. The zero-order chi connectivity index (χ0) is 19.3. The van der Waals surface area contributed by atoms with Crippen LogP contribution in [0.5, 0.6) is 0 Å². The second-order valence-corrected chi connectivity index (χ2v) is 6.41. The zero-order valence-corrected chi connectivity index (χ0v) is 14.7. The molecule has 0 amide bonds. The van der Waals surface area contributed by atoms with Gasteiger partial charge in [0.1, 0.15) is 5.41 Å². The van der Waals surface area contributed by atoms with E-state index in [2.05, 4.69) is 0 Å². The largest absolute Gasteiger partial charge is 0.481 e. The molecule has 0 aliphatic heterocycles. The summed E-state index contributed by atoms with van der Waals surface area (Å²) in [5.74, 6) is -2.89. The molecule has 0 aliphatic rings. The summed E-state index contributed by atoms with van der Waals surface area (Å²) >= 11 is 0. The molecule has 0 radical (unpaired) electrons. The van der Waals surface area contributed by atoms with E-state index in [0.29, 0.717) is 16.7 Å². The Bertz CT molecular complexity index is 865. The number of aliphatic carboxylic acids is 2. The lowest BCUT2D eigenvalue weighted by Gasteiger charge is -2.38. The summed E-state index contributed by atoms with van der Waals surface area (Å²) in [5, 5.41) is 20.1. The number of benzene rings is 3. The Morgan fingerprint density at radius 1 is 0.704 bits per heavy atom. The highest BCUT2D eigenvalue weighted by molar-refractivity contribution is 5.89. The van der Waals surface area contributed by atoms with Gasteiger partial charge in [-0.1, -0.05) is 91.0 Å². The van der Waals surface area contributed by atoms with Gasteiger partial charge in [-0.2, -0.15) is 0 Å². The molecule has 0 bridgehead atoms. The second-order valence-electron chi connectivity index (χ2n) is 6.41. The van der Waals surface area contributed by atoms with Gasteiger partial charge in [-0.15, -0.1) is 0 Å². The second kappa shape index (κ2) is 7.87. The number of carbonyl (C=O) groups is 2. The maximum absolute atomic E-state index is 12.8. The van der Waals surface area contributed by atoms with Crippen molar-refractivity contribution in [2.24, 2.45) is 0 Å². The summed E-state index contributed by atoms with van der Waals surface area (Å²) in [4.78, 5) is 24.5. The van der Waals surface area contributed by atoms with Crippen molar-refractivity contribution >= 4 is 11.9 Å². The summed E-state index contributed by atoms with van der Waals surface area (Å²) in [6.45, 7) is 0. The van der Waals surface area contributed by atoms with Crippen molar-refractivity contribution in [1.29, 1.82) is 0 Å². The first kappa shape index (κ1) is 18.4. The van der Waals surface area contributed by atoms with E-state index in [1.54, 1.807) is 72.8 Å². The van der Waals surface area contributed by atoms with Gasteiger partial charge in [0.2, 0.25) is 0 Å². The Kier molecular flexibility index (Phi) is 5.36. The normalized spacial score (nSPS) is 12.3. The summed E-state index contributed by atoms with van der Waals surface area (Å²) in [6, 6.07) is 26.7. The minimum Gasteiger partial charge on any atom is -0.481 e. The fourth-order valence-corrected chi connectivity index (χ4v) is 3.75. The van der Waals surface area contributed by atoms with Crippen LogP contribution in [0.15, 0.2) is 91.0 Å². The summed E-state index contributed by atoms with van der Waals surface area (Å²) < 4.78 is 0. The molecule has 0 aromatic heterocycles. The van der Waals surface area contributed by atoms with E-state index >= 15 is 0 Å². The number of rotatable bonds is 7. The molecule has 3 rings (SSSR count). The maximum atomic E-state index is 12.8.